The molecule has 5 heteroatoms. The number of piperidine rings is 1. The Balaban J connectivity index is 1.57. The van der Waals surface area contributed by atoms with Crippen LogP contribution in [0, 0.1) is 5.92 Å². The fourth-order valence-electron chi connectivity index (χ4n) is 3.49. The summed E-state index contributed by atoms with van der Waals surface area (Å²) in [5, 5.41) is 4.66. The van der Waals surface area contributed by atoms with E-state index in [1.54, 1.807) is 0 Å². The van der Waals surface area contributed by atoms with Crippen LogP contribution < -0.4 is 5.73 Å². The van der Waals surface area contributed by atoms with E-state index in [-0.39, 0.29) is 0 Å². The first-order chi connectivity index (χ1) is 10.2. The number of aromatic nitrogens is 2. The zero-order valence-electron chi connectivity index (χ0n) is 13.0. The van der Waals surface area contributed by atoms with Crippen molar-refractivity contribution in [2.75, 3.05) is 13.1 Å². The largest absolute Gasteiger partial charge is 0.370 e. The average Bonchev–Trinajstić information content (AvgIpc) is 3.15. The normalized spacial score (nSPS) is 24.7. The minimum Gasteiger partial charge on any atom is -0.370 e. The van der Waals surface area contributed by atoms with E-state index < -0.39 is 0 Å². The highest BCUT2D eigenvalue weighted by Gasteiger charge is 2.19. The lowest BCUT2D eigenvalue weighted by Crippen LogP contribution is -2.43. The van der Waals surface area contributed by atoms with Gasteiger partial charge in [-0.05, 0) is 37.7 Å². The van der Waals surface area contributed by atoms with E-state index in [1.807, 2.05) is 0 Å². The Morgan fingerprint density at radius 3 is 2.90 bits per heavy atom. The number of nitrogens with zero attached hydrogens (tertiary/aromatic N) is 4. The second kappa shape index (κ2) is 6.50. The number of guanidine groups is 1. The van der Waals surface area contributed by atoms with E-state index in [1.165, 1.54) is 38.5 Å². The fraction of sp³-hybridized carbons (Fsp3) is 0.750. The van der Waals surface area contributed by atoms with Gasteiger partial charge in [-0.25, -0.2) is 4.99 Å². The lowest BCUT2D eigenvalue weighted by molar-refractivity contribution is 0.270. The number of hydrogen-bond acceptors (Lipinski definition) is 2. The van der Waals surface area contributed by atoms with Crippen molar-refractivity contribution < 1.29 is 0 Å². The molecular weight excluding hydrogens is 262 g/mol. The van der Waals surface area contributed by atoms with Crippen molar-refractivity contribution in [1.82, 2.24) is 14.7 Å². The molecule has 21 heavy (non-hydrogen) atoms. The molecule has 1 saturated carbocycles. The molecule has 0 radical (unpaired) electrons. The number of likely N-dealkylation sites (tertiary alicyclic amines) is 1. The van der Waals surface area contributed by atoms with Crippen LogP contribution in [0.5, 0.6) is 0 Å². The van der Waals surface area contributed by atoms with Crippen LogP contribution in [-0.2, 0) is 6.54 Å². The third-order valence-corrected chi connectivity index (χ3v) is 4.75. The molecule has 2 fully saturated rings. The first-order valence-electron chi connectivity index (χ1n) is 8.31. The Kier molecular flexibility index (Phi) is 4.46. The zero-order chi connectivity index (χ0) is 14.7. The minimum atomic E-state index is 0.594. The summed E-state index contributed by atoms with van der Waals surface area (Å²) in [6.07, 6.45) is 9.80. The van der Waals surface area contributed by atoms with Gasteiger partial charge in [0.15, 0.2) is 5.96 Å². The maximum Gasteiger partial charge on any atom is 0.191 e. The van der Waals surface area contributed by atoms with Crippen molar-refractivity contribution in [1.29, 1.82) is 0 Å². The number of aliphatic imine (C=N–C) groups is 1. The van der Waals surface area contributed by atoms with Gasteiger partial charge in [-0.15, -0.1) is 0 Å². The summed E-state index contributed by atoms with van der Waals surface area (Å²) in [4.78, 5) is 6.75. The van der Waals surface area contributed by atoms with Crippen LogP contribution >= 0.6 is 0 Å². The Morgan fingerprint density at radius 1 is 1.33 bits per heavy atom. The van der Waals surface area contributed by atoms with E-state index >= 15 is 0 Å². The molecule has 1 aromatic heterocycles. The standard InChI is InChI=1S/C16H27N5/c1-13-5-4-9-20(12-13)16(17)18-11-14-8-10-21(19-14)15-6-2-3-7-15/h8,10,13,15H,2-7,9,11-12H2,1H3,(H2,17,18). The first kappa shape index (κ1) is 14.4. The predicted molar refractivity (Wildman–Crippen MR) is 85.0 cm³/mol. The van der Waals surface area contributed by atoms with Gasteiger partial charge in [-0.3, -0.25) is 4.68 Å². The fourth-order valence-corrected chi connectivity index (χ4v) is 3.49. The first-order valence-corrected chi connectivity index (χ1v) is 8.31. The smallest absolute Gasteiger partial charge is 0.191 e. The highest BCUT2D eigenvalue weighted by molar-refractivity contribution is 5.78. The second-order valence-corrected chi connectivity index (χ2v) is 6.59. The van der Waals surface area contributed by atoms with Crippen molar-refractivity contribution in [2.45, 2.75) is 58.0 Å². The van der Waals surface area contributed by atoms with Gasteiger partial charge in [0, 0.05) is 19.3 Å². The summed E-state index contributed by atoms with van der Waals surface area (Å²) >= 11 is 0. The second-order valence-electron chi connectivity index (χ2n) is 6.59. The molecule has 1 atom stereocenters. The summed E-state index contributed by atoms with van der Waals surface area (Å²) in [6.45, 7) is 4.95. The van der Waals surface area contributed by atoms with Crippen molar-refractivity contribution in [3.8, 4) is 0 Å². The van der Waals surface area contributed by atoms with Gasteiger partial charge in [0.1, 0.15) is 0 Å². The van der Waals surface area contributed by atoms with Crippen molar-refractivity contribution in [3.63, 3.8) is 0 Å². The molecule has 1 aliphatic heterocycles. The molecule has 3 rings (SSSR count). The van der Waals surface area contributed by atoms with Crippen LogP contribution in [-0.4, -0.2) is 33.7 Å². The summed E-state index contributed by atoms with van der Waals surface area (Å²) in [5.41, 5.74) is 7.15. The molecule has 0 bridgehead atoms. The maximum absolute atomic E-state index is 6.13. The van der Waals surface area contributed by atoms with Gasteiger partial charge >= 0.3 is 0 Å². The zero-order valence-corrected chi connectivity index (χ0v) is 13.0. The monoisotopic (exact) mass is 289 g/mol. The lowest BCUT2D eigenvalue weighted by atomic mass is 10.0. The van der Waals surface area contributed by atoms with E-state index in [0.717, 1.165) is 18.8 Å². The van der Waals surface area contributed by atoms with Gasteiger partial charge in [0.2, 0.25) is 0 Å². The van der Waals surface area contributed by atoms with Crippen LogP contribution in [0.1, 0.15) is 57.2 Å². The third kappa shape index (κ3) is 3.57. The Labute approximate surface area is 127 Å². The Morgan fingerprint density at radius 2 is 2.14 bits per heavy atom. The molecule has 2 heterocycles. The predicted octanol–water partition coefficient (Wildman–Crippen LogP) is 2.54. The van der Waals surface area contributed by atoms with Crippen LogP contribution in [0.2, 0.25) is 0 Å². The van der Waals surface area contributed by atoms with Crippen molar-refractivity contribution >= 4 is 5.96 Å². The molecular formula is C16H27N5. The molecule has 0 amide bonds. The third-order valence-electron chi connectivity index (χ3n) is 4.75. The van der Waals surface area contributed by atoms with E-state index in [9.17, 15) is 0 Å². The Hall–Kier alpha value is -1.52. The molecule has 1 unspecified atom stereocenters. The molecule has 116 valence electrons. The van der Waals surface area contributed by atoms with E-state index in [2.05, 4.69) is 38.9 Å². The van der Waals surface area contributed by atoms with Crippen molar-refractivity contribution in [2.24, 2.45) is 16.6 Å². The summed E-state index contributed by atoms with van der Waals surface area (Å²) in [6, 6.07) is 2.68. The molecule has 1 aliphatic carbocycles. The van der Waals surface area contributed by atoms with Crippen LogP contribution in [0.15, 0.2) is 17.3 Å². The highest BCUT2D eigenvalue weighted by Crippen LogP contribution is 2.28. The topological polar surface area (TPSA) is 59.4 Å². The van der Waals surface area contributed by atoms with Crippen LogP contribution in [0.4, 0.5) is 0 Å². The van der Waals surface area contributed by atoms with E-state index in [0.29, 0.717) is 24.5 Å². The Bertz CT molecular complexity index is 487. The van der Waals surface area contributed by atoms with Crippen LogP contribution in [0.25, 0.3) is 0 Å². The summed E-state index contributed by atoms with van der Waals surface area (Å²) in [5.74, 6) is 1.39. The molecule has 1 aromatic rings. The quantitative estimate of drug-likeness (QED) is 0.687. The molecule has 0 spiro atoms. The van der Waals surface area contributed by atoms with Gasteiger partial charge in [-0.2, -0.15) is 5.10 Å². The average molecular weight is 289 g/mol. The molecule has 5 nitrogen and oxygen atoms in total. The van der Waals surface area contributed by atoms with Gasteiger partial charge in [-0.1, -0.05) is 19.8 Å². The highest BCUT2D eigenvalue weighted by atomic mass is 15.3. The van der Waals surface area contributed by atoms with Gasteiger partial charge < -0.3 is 10.6 Å². The van der Waals surface area contributed by atoms with Crippen molar-refractivity contribution in [3.05, 3.63) is 18.0 Å². The number of nitrogens with two attached hydrogens (primary N) is 1. The van der Waals surface area contributed by atoms with Crippen LogP contribution in [0.3, 0.4) is 0 Å². The SMILES string of the molecule is CC1CCCN(C(N)=NCc2ccn(C3CCCC3)n2)C1. The molecule has 0 aromatic carbocycles. The van der Waals surface area contributed by atoms with Gasteiger partial charge in [0.25, 0.3) is 0 Å². The molecule has 1 saturated heterocycles. The number of hydrogen-bond donors (Lipinski definition) is 1. The molecule has 2 aliphatic rings. The lowest BCUT2D eigenvalue weighted by Gasteiger charge is -2.31. The number of rotatable bonds is 3. The summed E-state index contributed by atoms with van der Waals surface area (Å²) in [7, 11) is 0. The minimum absolute atomic E-state index is 0.594. The summed E-state index contributed by atoms with van der Waals surface area (Å²) < 4.78 is 2.12. The van der Waals surface area contributed by atoms with E-state index in [4.69, 9.17) is 5.73 Å². The van der Waals surface area contributed by atoms with Gasteiger partial charge in [0.05, 0.1) is 18.3 Å². The molecule has 2 N–H and O–H groups in total. The maximum atomic E-state index is 6.13.